The molecular formula is C13H19NO2. The van der Waals surface area contributed by atoms with E-state index in [1.807, 2.05) is 12.1 Å². The Hall–Kier alpha value is -1.19. The number of benzene rings is 1. The van der Waals surface area contributed by atoms with E-state index in [0.29, 0.717) is 11.5 Å². The molecule has 0 aliphatic rings. The first-order chi connectivity index (χ1) is 7.56. The average molecular weight is 221 g/mol. The number of Topliss-reactive ketones (excluding diaryl/α,β-unsaturated/α-hetero) is 1. The fourth-order valence-electron chi connectivity index (χ4n) is 1.51. The van der Waals surface area contributed by atoms with Crippen LogP contribution in [0.2, 0.25) is 0 Å². The quantitative estimate of drug-likeness (QED) is 0.742. The van der Waals surface area contributed by atoms with E-state index in [2.05, 4.69) is 19.2 Å². The van der Waals surface area contributed by atoms with Crippen molar-refractivity contribution in [1.82, 2.24) is 5.32 Å². The van der Waals surface area contributed by atoms with Crippen LogP contribution < -0.4 is 5.32 Å². The van der Waals surface area contributed by atoms with Crippen LogP contribution >= 0.6 is 0 Å². The van der Waals surface area contributed by atoms with Crippen LogP contribution in [-0.2, 0) is 0 Å². The van der Waals surface area contributed by atoms with Crippen molar-refractivity contribution in [2.75, 3.05) is 13.6 Å². The summed E-state index contributed by atoms with van der Waals surface area (Å²) in [7, 11) is 1.71. The molecule has 3 nitrogen and oxygen atoms in total. The van der Waals surface area contributed by atoms with E-state index in [4.69, 9.17) is 0 Å². The Bertz CT molecular complexity index is 343. The summed E-state index contributed by atoms with van der Waals surface area (Å²) in [6.07, 6.45) is -0.963. The summed E-state index contributed by atoms with van der Waals surface area (Å²) in [5.74, 6) is 0.219. The van der Waals surface area contributed by atoms with Gasteiger partial charge in [-0.1, -0.05) is 38.1 Å². The minimum Gasteiger partial charge on any atom is -0.384 e. The van der Waals surface area contributed by atoms with Crippen molar-refractivity contribution in [1.29, 1.82) is 0 Å². The second-order valence-electron chi connectivity index (χ2n) is 4.21. The zero-order valence-corrected chi connectivity index (χ0v) is 10.0. The third-order valence-corrected chi connectivity index (χ3v) is 2.56. The topological polar surface area (TPSA) is 49.3 Å². The highest BCUT2D eigenvalue weighted by Crippen LogP contribution is 2.15. The average Bonchev–Trinajstić information content (AvgIpc) is 2.28. The number of ketones is 1. The summed E-state index contributed by atoms with van der Waals surface area (Å²) in [5.41, 5.74) is 1.76. The van der Waals surface area contributed by atoms with Crippen LogP contribution in [-0.4, -0.2) is 30.6 Å². The lowest BCUT2D eigenvalue weighted by molar-refractivity contribution is 0.0750. The van der Waals surface area contributed by atoms with Crippen molar-refractivity contribution in [3.8, 4) is 0 Å². The van der Waals surface area contributed by atoms with Crippen molar-refractivity contribution in [2.45, 2.75) is 25.9 Å². The van der Waals surface area contributed by atoms with Crippen LogP contribution in [0.1, 0.15) is 35.7 Å². The fraction of sp³-hybridized carbons (Fsp3) is 0.462. The molecule has 0 saturated heterocycles. The van der Waals surface area contributed by atoms with Crippen molar-refractivity contribution < 1.29 is 9.90 Å². The van der Waals surface area contributed by atoms with Gasteiger partial charge in [0.25, 0.3) is 0 Å². The van der Waals surface area contributed by atoms with Crippen LogP contribution in [0, 0.1) is 0 Å². The number of likely N-dealkylation sites (N-methyl/N-ethyl adjacent to an activating group) is 1. The van der Waals surface area contributed by atoms with Gasteiger partial charge in [0.2, 0.25) is 0 Å². The van der Waals surface area contributed by atoms with Gasteiger partial charge >= 0.3 is 0 Å². The fourth-order valence-corrected chi connectivity index (χ4v) is 1.51. The van der Waals surface area contributed by atoms with Crippen LogP contribution in [0.25, 0.3) is 0 Å². The van der Waals surface area contributed by atoms with Gasteiger partial charge in [0, 0.05) is 12.1 Å². The Balaban J connectivity index is 2.77. The van der Waals surface area contributed by atoms with Crippen LogP contribution in [0.15, 0.2) is 24.3 Å². The molecule has 1 atom stereocenters. The molecule has 0 heterocycles. The third-order valence-electron chi connectivity index (χ3n) is 2.56. The molecule has 0 spiro atoms. The lowest BCUT2D eigenvalue weighted by atomic mass is 9.99. The molecule has 0 bridgehead atoms. The maximum absolute atomic E-state index is 11.7. The monoisotopic (exact) mass is 221 g/mol. The SMILES string of the molecule is CNCC(O)C(=O)c1ccc(C(C)C)cc1. The molecule has 0 amide bonds. The van der Waals surface area contributed by atoms with E-state index >= 15 is 0 Å². The summed E-state index contributed by atoms with van der Waals surface area (Å²) in [6, 6.07) is 7.42. The van der Waals surface area contributed by atoms with Gasteiger partial charge in [-0.2, -0.15) is 0 Å². The summed E-state index contributed by atoms with van der Waals surface area (Å²) < 4.78 is 0. The molecule has 0 aliphatic heterocycles. The molecule has 0 radical (unpaired) electrons. The number of aliphatic hydroxyl groups is 1. The lowest BCUT2D eigenvalue weighted by Gasteiger charge is -2.10. The minimum atomic E-state index is -0.963. The van der Waals surface area contributed by atoms with Crippen molar-refractivity contribution in [3.05, 3.63) is 35.4 Å². The number of hydrogen-bond acceptors (Lipinski definition) is 3. The highest BCUT2D eigenvalue weighted by Gasteiger charge is 2.15. The van der Waals surface area contributed by atoms with Gasteiger partial charge in [-0.3, -0.25) is 4.79 Å². The maximum Gasteiger partial charge on any atom is 0.192 e. The first-order valence-electron chi connectivity index (χ1n) is 5.53. The first-order valence-corrected chi connectivity index (χ1v) is 5.53. The van der Waals surface area contributed by atoms with Crippen LogP contribution in [0.4, 0.5) is 0 Å². The first kappa shape index (κ1) is 12.9. The molecule has 1 rings (SSSR count). The van der Waals surface area contributed by atoms with Gasteiger partial charge < -0.3 is 10.4 Å². The van der Waals surface area contributed by atoms with Gasteiger partial charge in [0.1, 0.15) is 6.10 Å². The van der Waals surface area contributed by atoms with Gasteiger partial charge in [-0.05, 0) is 18.5 Å². The summed E-state index contributed by atoms with van der Waals surface area (Å²) in [6.45, 7) is 4.49. The Kier molecular flexibility index (Phi) is 4.65. The van der Waals surface area contributed by atoms with Gasteiger partial charge in [0.15, 0.2) is 5.78 Å². The van der Waals surface area contributed by atoms with E-state index in [1.54, 1.807) is 19.2 Å². The minimum absolute atomic E-state index is 0.232. The van der Waals surface area contributed by atoms with Crippen molar-refractivity contribution in [2.24, 2.45) is 0 Å². The number of carbonyl (C=O) groups excluding carboxylic acids is 1. The molecule has 16 heavy (non-hydrogen) atoms. The van der Waals surface area contributed by atoms with E-state index < -0.39 is 6.10 Å². The number of aliphatic hydroxyl groups excluding tert-OH is 1. The van der Waals surface area contributed by atoms with Gasteiger partial charge in [-0.25, -0.2) is 0 Å². The van der Waals surface area contributed by atoms with E-state index in [9.17, 15) is 9.90 Å². The molecule has 3 heteroatoms. The highest BCUT2D eigenvalue weighted by molar-refractivity contribution is 5.99. The predicted molar refractivity (Wildman–Crippen MR) is 64.8 cm³/mol. The Morgan fingerprint density at radius 2 is 1.88 bits per heavy atom. The largest absolute Gasteiger partial charge is 0.384 e. The molecule has 1 unspecified atom stereocenters. The number of nitrogens with one attached hydrogen (secondary N) is 1. The Morgan fingerprint density at radius 1 is 1.31 bits per heavy atom. The second-order valence-corrected chi connectivity index (χ2v) is 4.21. The second kappa shape index (κ2) is 5.77. The number of hydrogen-bond donors (Lipinski definition) is 2. The van der Waals surface area contributed by atoms with E-state index in [-0.39, 0.29) is 12.3 Å². The lowest BCUT2D eigenvalue weighted by Crippen LogP contribution is -2.31. The van der Waals surface area contributed by atoms with Crippen LogP contribution in [0.5, 0.6) is 0 Å². The van der Waals surface area contributed by atoms with Crippen molar-refractivity contribution >= 4 is 5.78 Å². The summed E-state index contributed by atoms with van der Waals surface area (Å²) >= 11 is 0. The van der Waals surface area contributed by atoms with Crippen LogP contribution in [0.3, 0.4) is 0 Å². The zero-order chi connectivity index (χ0) is 12.1. The molecule has 1 aromatic carbocycles. The summed E-state index contributed by atoms with van der Waals surface area (Å²) in [5, 5.41) is 12.3. The molecule has 0 aliphatic carbocycles. The molecule has 1 aromatic rings. The number of rotatable bonds is 5. The smallest absolute Gasteiger partial charge is 0.192 e. The standard InChI is InChI=1S/C13H19NO2/c1-9(2)10-4-6-11(7-5-10)13(16)12(15)8-14-3/h4-7,9,12,14-15H,8H2,1-3H3. The highest BCUT2D eigenvalue weighted by atomic mass is 16.3. The van der Waals surface area contributed by atoms with Crippen molar-refractivity contribution in [3.63, 3.8) is 0 Å². The molecule has 2 N–H and O–H groups in total. The van der Waals surface area contributed by atoms with E-state index in [1.165, 1.54) is 5.56 Å². The molecule has 0 saturated carbocycles. The number of carbonyl (C=O) groups is 1. The van der Waals surface area contributed by atoms with E-state index in [0.717, 1.165) is 0 Å². The maximum atomic E-state index is 11.7. The normalized spacial score (nSPS) is 12.8. The van der Waals surface area contributed by atoms with Gasteiger partial charge in [0.05, 0.1) is 0 Å². The predicted octanol–water partition coefficient (Wildman–Crippen LogP) is 1.57. The molecular weight excluding hydrogens is 202 g/mol. The molecule has 0 fully saturated rings. The molecule has 88 valence electrons. The zero-order valence-electron chi connectivity index (χ0n) is 10.0. The Labute approximate surface area is 96.5 Å². The summed E-state index contributed by atoms with van der Waals surface area (Å²) in [4.78, 5) is 11.7. The third kappa shape index (κ3) is 3.15. The Morgan fingerprint density at radius 3 is 2.31 bits per heavy atom. The molecule has 0 aromatic heterocycles. The van der Waals surface area contributed by atoms with Gasteiger partial charge in [-0.15, -0.1) is 0 Å².